The van der Waals surface area contributed by atoms with Gasteiger partial charge in [-0.3, -0.25) is 4.79 Å². The van der Waals surface area contributed by atoms with E-state index in [-0.39, 0.29) is 29.4 Å². The molecule has 0 aromatic heterocycles. The minimum absolute atomic E-state index is 0.0252. The number of amides is 1. The van der Waals surface area contributed by atoms with Gasteiger partial charge in [0.15, 0.2) is 0 Å². The van der Waals surface area contributed by atoms with Crippen LogP contribution in [0.4, 0.5) is 5.69 Å². The summed E-state index contributed by atoms with van der Waals surface area (Å²) in [6.07, 6.45) is 0. The highest BCUT2D eigenvalue weighted by atomic mass is 16.5. The van der Waals surface area contributed by atoms with E-state index in [0.717, 1.165) is 12.7 Å². The highest BCUT2D eigenvalue weighted by Gasteiger charge is 2.61. The maximum absolute atomic E-state index is 13.4. The zero-order valence-electron chi connectivity index (χ0n) is 16.9. The van der Waals surface area contributed by atoms with Gasteiger partial charge in [-0.2, -0.15) is 0 Å². The highest BCUT2D eigenvalue weighted by Crippen LogP contribution is 2.52. The summed E-state index contributed by atoms with van der Waals surface area (Å²) in [7, 11) is 1.16. The quantitative estimate of drug-likeness (QED) is 0.729. The number of fused-ring (bicyclic) bond motifs is 2. The maximum Gasteiger partial charge on any atom is 0.340 e. The number of carbonyl (C=O) groups excluding carboxylic acids is 3. The van der Waals surface area contributed by atoms with Gasteiger partial charge >= 0.3 is 11.9 Å². The van der Waals surface area contributed by atoms with Gasteiger partial charge in [-0.15, -0.1) is 0 Å². The number of benzene rings is 2. The number of esters is 2. The minimum atomic E-state index is -1.86. The largest absolute Gasteiger partial charge is 0.465 e. The number of rotatable bonds is 4. The lowest BCUT2D eigenvalue weighted by Gasteiger charge is -2.35. The van der Waals surface area contributed by atoms with E-state index >= 15 is 0 Å². The molecule has 0 fully saturated rings. The first kappa shape index (κ1) is 20.2. The van der Waals surface area contributed by atoms with Crippen molar-refractivity contribution in [1.29, 1.82) is 0 Å². The van der Waals surface area contributed by atoms with Crippen LogP contribution < -0.4 is 11.1 Å². The van der Waals surface area contributed by atoms with E-state index in [1.54, 1.807) is 36.4 Å². The summed E-state index contributed by atoms with van der Waals surface area (Å²) >= 11 is 0. The van der Waals surface area contributed by atoms with Crippen LogP contribution >= 0.6 is 0 Å². The van der Waals surface area contributed by atoms with E-state index in [9.17, 15) is 14.4 Å². The molecule has 0 saturated carbocycles. The molecule has 0 unspecified atom stereocenters. The number of hydrogen-bond acceptors (Lipinski definition) is 7. The first-order chi connectivity index (χ1) is 14.9. The lowest BCUT2D eigenvalue weighted by Crippen LogP contribution is -2.48. The molecule has 1 amide bonds. The molecule has 0 saturated heterocycles. The van der Waals surface area contributed by atoms with Crippen LogP contribution in [0.3, 0.4) is 0 Å². The lowest BCUT2D eigenvalue weighted by molar-refractivity contribution is -0.143. The molecule has 8 heteroatoms. The average molecular weight is 420 g/mol. The standard InChI is InChI=1S/C23H20N2O6/c1-13-17(21(27)30-12-14-8-4-3-5-9-14)23(18(19(24)31-13)20(26)29-2)15-10-6-7-11-16(15)25-22(23)28/h3-11H,12,24H2,1-2H3,(H,25,28)/t23-/m1/s1. The van der Waals surface area contributed by atoms with Crippen molar-refractivity contribution in [2.75, 3.05) is 12.4 Å². The third-order valence-corrected chi connectivity index (χ3v) is 5.34. The van der Waals surface area contributed by atoms with Gasteiger partial charge in [0.05, 0.1) is 7.11 Å². The Kier molecular flexibility index (Phi) is 4.98. The van der Waals surface area contributed by atoms with Gasteiger partial charge < -0.3 is 25.3 Å². The average Bonchev–Trinajstić information content (AvgIpc) is 3.04. The van der Waals surface area contributed by atoms with Crippen LogP contribution in [0.2, 0.25) is 0 Å². The smallest absolute Gasteiger partial charge is 0.340 e. The first-order valence-electron chi connectivity index (χ1n) is 9.51. The number of anilines is 1. The number of para-hydroxylation sites is 1. The molecule has 2 aliphatic heterocycles. The first-order valence-corrected chi connectivity index (χ1v) is 9.51. The number of carbonyl (C=O) groups is 3. The van der Waals surface area contributed by atoms with Crippen LogP contribution in [0.25, 0.3) is 0 Å². The molecule has 8 nitrogen and oxygen atoms in total. The molecule has 2 heterocycles. The van der Waals surface area contributed by atoms with Gasteiger partial charge in [-0.25, -0.2) is 9.59 Å². The second-order valence-electron chi connectivity index (χ2n) is 7.08. The zero-order valence-corrected chi connectivity index (χ0v) is 16.9. The topological polar surface area (TPSA) is 117 Å². The van der Waals surface area contributed by atoms with Gasteiger partial charge in [0.25, 0.3) is 0 Å². The van der Waals surface area contributed by atoms with Gasteiger partial charge in [0, 0.05) is 11.3 Å². The molecule has 3 N–H and O–H groups in total. The Balaban J connectivity index is 1.87. The van der Waals surface area contributed by atoms with Crippen LogP contribution in [0, 0.1) is 0 Å². The van der Waals surface area contributed by atoms with Crippen LogP contribution in [0.1, 0.15) is 18.1 Å². The predicted molar refractivity (Wildman–Crippen MR) is 110 cm³/mol. The van der Waals surface area contributed by atoms with Crippen LogP contribution in [-0.2, 0) is 40.6 Å². The second kappa shape index (κ2) is 7.64. The third kappa shape index (κ3) is 3.04. The van der Waals surface area contributed by atoms with Gasteiger partial charge in [0.2, 0.25) is 11.8 Å². The minimum Gasteiger partial charge on any atom is -0.465 e. The maximum atomic E-state index is 13.4. The molecule has 2 aliphatic rings. The number of methoxy groups -OCH3 is 1. The molecule has 0 bridgehead atoms. The number of nitrogens with two attached hydrogens (primary N) is 1. The van der Waals surface area contributed by atoms with E-state index in [0.29, 0.717) is 11.3 Å². The molecule has 31 heavy (non-hydrogen) atoms. The molecule has 158 valence electrons. The summed E-state index contributed by atoms with van der Waals surface area (Å²) in [5.41, 5.74) is 5.39. The van der Waals surface area contributed by atoms with E-state index < -0.39 is 23.3 Å². The summed E-state index contributed by atoms with van der Waals surface area (Å²) in [6, 6.07) is 15.8. The fourth-order valence-electron chi connectivity index (χ4n) is 4.04. The summed E-state index contributed by atoms with van der Waals surface area (Å²) in [6.45, 7) is 1.47. The Morgan fingerprint density at radius 3 is 2.42 bits per heavy atom. The Labute approximate surface area is 178 Å². The van der Waals surface area contributed by atoms with Gasteiger partial charge in [0.1, 0.15) is 28.9 Å². The lowest BCUT2D eigenvalue weighted by atomic mass is 9.67. The Bertz CT molecular complexity index is 1150. The third-order valence-electron chi connectivity index (χ3n) is 5.34. The van der Waals surface area contributed by atoms with Crippen molar-refractivity contribution < 1.29 is 28.6 Å². The van der Waals surface area contributed by atoms with E-state index in [1.165, 1.54) is 6.92 Å². The molecule has 1 atom stereocenters. The number of hydrogen-bond donors (Lipinski definition) is 2. The Morgan fingerprint density at radius 2 is 1.71 bits per heavy atom. The van der Waals surface area contributed by atoms with Crippen molar-refractivity contribution in [3.8, 4) is 0 Å². The number of allylic oxidation sites excluding steroid dienone is 1. The molecular weight excluding hydrogens is 400 g/mol. The summed E-state index contributed by atoms with van der Waals surface area (Å²) in [5, 5.41) is 2.73. The van der Waals surface area contributed by atoms with E-state index in [2.05, 4.69) is 5.32 Å². The van der Waals surface area contributed by atoms with E-state index in [4.69, 9.17) is 19.9 Å². The Morgan fingerprint density at radius 1 is 1.03 bits per heavy atom. The van der Waals surface area contributed by atoms with Crippen LogP contribution in [0.15, 0.2) is 77.4 Å². The summed E-state index contributed by atoms with van der Waals surface area (Å²) < 4.78 is 15.9. The normalized spacial score (nSPS) is 19.6. The molecule has 1 spiro atoms. The molecule has 2 aromatic rings. The zero-order chi connectivity index (χ0) is 22.2. The summed E-state index contributed by atoms with van der Waals surface area (Å²) in [4.78, 5) is 39.5. The van der Waals surface area contributed by atoms with Crippen molar-refractivity contribution >= 4 is 23.5 Å². The monoisotopic (exact) mass is 420 g/mol. The number of ether oxygens (including phenoxy) is 3. The van der Waals surface area contributed by atoms with Crippen molar-refractivity contribution in [1.82, 2.24) is 0 Å². The molecular formula is C23H20N2O6. The van der Waals surface area contributed by atoms with E-state index in [1.807, 2.05) is 18.2 Å². The number of nitrogens with one attached hydrogen (secondary N) is 1. The summed E-state index contributed by atoms with van der Waals surface area (Å²) in [5.74, 6) is -2.55. The Hall–Kier alpha value is -4.07. The fourth-order valence-corrected chi connectivity index (χ4v) is 4.04. The molecule has 2 aromatic carbocycles. The molecule has 0 aliphatic carbocycles. The van der Waals surface area contributed by atoms with Crippen molar-refractivity contribution in [3.05, 3.63) is 88.5 Å². The van der Waals surface area contributed by atoms with Gasteiger partial charge in [-0.1, -0.05) is 48.5 Å². The van der Waals surface area contributed by atoms with Gasteiger partial charge in [-0.05, 0) is 18.6 Å². The van der Waals surface area contributed by atoms with Crippen molar-refractivity contribution in [2.24, 2.45) is 5.73 Å². The van der Waals surface area contributed by atoms with Crippen molar-refractivity contribution in [3.63, 3.8) is 0 Å². The highest BCUT2D eigenvalue weighted by molar-refractivity contribution is 6.21. The fraction of sp³-hybridized carbons (Fsp3) is 0.174. The predicted octanol–water partition coefficient (Wildman–Crippen LogP) is 2.27. The molecule has 0 radical (unpaired) electrons. The SMILES string of the molecule is COC(=O)C1=C(N)OC(C)=C(C(=O)OCc2ccccc2)[C@@]12C(=O)Nc1ccccc12. The van der Waals surface area contributed by atoms with Crippen LogP contribution in [0.5, 0.6) is 0 Å². The molecule has 4 rings (SSSR count). The van der Waals surface area contributed by atoms with Crippen molar-refractivity contribution in [2.45, 2.75) is 18.9 Å². The van der Waals surface area contributed by atoms with Crippen LogP contribution in [-0.4, -0.2) is 25.0 Å². The second-order valence-corrected chi connectivity index (χ2v) is 7.08.